The third kappa shape index (κ3) is 2.52. The number of rotatable bonds is 5. The maximum absolute atomic E-state index is 3.39. The van der Waals surface area contributed by atoms with Gasteiger partial charge in [-0.25, -0.2) is 0 Å². The molecular formula is C14H18N2. The minimum Gasteiger partial charge on any atom is -0.361 e. The van der Waals surface area contributed by atoms with E-state index in [9.17, 15) is 0 Å². The van der Waals surface area contributed by atoms with E-state index in [4.69, 9.17) is 0 Å². The van der Waals surface area contributed by atoms with Crippen molar-refractivity contribution in [3.8, 4) is 0 Å². The lowest BCUT2D eigenvalue weighted by Gasteiger charge is -2.00. The maximum atomic E-state index is 3.39. The van der Waals surface area contributed by atoms with E-state index in [1.54, 1.807) is 0 Å². The lowest BCUT2D eigenvalue weighted by atomic mass is 10.1. The van der Waals surface area contributed by atoms with Gasteiger partial charge in [0.2, 0.25) is 0 Å². The van der Waals surface area contributed by atoms with Crippen molar-refractivity contribution in [2.24, 2.45) is 0 Å². The van der Waals surface area contributed by atoms with E-state index < -0.39 is 0 Å². The highest BCUT2D eigenvalue weighted by Crippen LogP contribution is 2.17. The summed E-state index contributed by atoms with van der Waals surface area (Å²) < 4.78 is 0. The summed E-state index contributed by atoms with van der Waals surface area (Å²) in [5.41, 5.74) is 2.62. The molecular weight excluding hydrogens is 196 g/mol. The van der Waals surface area contributed by atoms with E-state index in [0.29, 0.717) is 0 Å². The Morgan fingerprint density at radius 1 is 1.31 bits per heavy atom. The predicted octanol–water partition coefficient (Wildman–Crippen LogP) is 2.88. The van der Waals surface area contributed by atoms with E-state index in [1.807, 2.05) is 6.92 Å². The lowest BCUT2D eigenvalue weighted by molar-refractivity contribution is 0.746. The molecule has 0 aliphatic carbocycles. The molecule has 0 fully saturated rings. The number of aromatic amines is 1. The summed E-state index contributed by atoms with van der Waals surface area (Å²) in [7, 11) is 0. The van der Waals surface area contributed by atoms with Gasteiger partial charge in [-0.3, -0.25) is 0 Å². The van der Waals surface area contributed by atoms with E-state index in [2.05, 4.69) is 52.9 Å². The van der Waals surface area contributed by atoms with Gasteiger partial charge < -0.3 is 10.3 Å². The Labute approximate surface area is 96.4 Å². The SMILES string of the molecule is CC=CCNCCc1c[nH]c2ccccc12. The van der Waals surface area contributed by atoms with Gasteiger partial charge in [0.05, 0.1) is 0 Å². The van der Waals surface area contributed by atoms with Crippen LogP contribution in [-0.2, 0) is 6.42 Å². The smallest absolute Gasteiger partial charge is 0.0456 e. The summed E-state index contributed by atoms with van der Waals surface area (Å²) in [5, 5.41) is 4.73. The molecule has 2 nitrogen and oxygen atoms in total. The topological polar surface area (TPSA) is 27.8 Å². The van der Waals surface area contributed by atoms with Gasteiger partial charge in [-0.05, 0) is 31.5 Å². The molecule has 0 radical (unpaired) electrons. The standard InChI is InChI=1S/C14H18N2/c1-2-3-9-15-10-8-12-11-16-14-7-5-4-6-13(12)14/h2-7,11,15-16H,8-10H2,1H3. The van der Waals surface area contributed by atoms with Gasteiger partial charge in [0.25, 0.3) is 0 Å². The quantitative estimate of drug-likeness (QED) is 0.581. The molecule has 1 aromatic carbocycles. The Bertz CT molecular complexity index is 468. The molecule has 0 atom stereocenters. The monoisotopic (exact) mass is 214 g/mol. The minimum absolute atomic E-state index is 0.957. The molecule has 2 heteroatoms. The van der Waals surface area contributed by atoms with Crippen LogP contribution in [0.4, 0.5) is 0 Å². The first-order valence-electron chi connectivity index (χ1n) is 5.78. The second kappa shape index (κ2) is 5.52. The van der Waals surface area contributed by atoms with Crippen LogP contribution in [-0.4, -0.2) is 18.1 Å². The molecule has 0 spiro atoms. The molecule has 0 amide bonds. The van der Waals surface area contributed by atoms with Crippen molar-refractivity contribution in [3.63, 3.8) is 0 Å². The van der Waals surface area contributed by atoms with Crippen LogP contribution in [0.1, 0.15) is 12.5 Å². The molecule has 2 rings (SSSR count). The third-order valence-electron chi connectivity index (χ3n) is 2.74. The molecule has 2 aromatic rings. The van der Waals surface area contributed by atoms with Gasteiger partial charge in [-0.1, -0.05) is 30.4 Å². The van der Waals surface area contributed by atoms with Crippen LogP contribution in [0.15, 0.2) is 42.6 Å². The number of fused-ring (bicyclic) bond motifs is 1. The van der Waals surface area contributed by atoms with Crippen molar-refractivity contribution in [2.45, 2.75) is 13.3 Å². The number of hydrogen-bond acceptors (Lipinski definition) is 1. The largest absolute Gasteiger partial charge is 0.361 e. The van der Waals surface area contributed by atoms with Gasteiger partial charge in [0.1, 0.15) is 0 Å². The van der Waals surface area contributed by atoms with Gasteiger partial charge in [0, 0.05) is 23.6 Å². The van der Waals surface area contributed by atoms with E-state index in [1.165, 1.54) is 16.5 Å². The molecule has 84 valence electrons. The van der Waals surface area contributed by atoms with Crippen molar-refractivity contribution >= 4 is 10.9 Å². The number of benzene rings is 1. The zero-order chi connectivity index (χ0) is 11.2. The van der Waals surface area contributed by atoms with Crippen LogP contribution in [0, 0.1) is 0 Å². The van der Waals surface area contributed by atoms with E-state index in [0.717, 1.165) is 19.5 Å². The Balaban J connectivity index is 1.94. The van der Waals surface area contributed by atoms with Crippen molar-refractivity contribution in [3.05, 3.63) is 48.2 Å². The van der Waals surface area contributed by atoms with Gasteiger partial charge in [0.15, 0.2) is 0 Å². The van der Waals surface area contributed by atoms with Crippen LogP contribution in [0.3, 0.4) is 0 Å². The maximum Gasteiger partial charge on any atom is 0.0456 e. The molecule has 0 unspecified atom stereocenters. The van der Waals surface area contributed by atoms with E-state index >= 15 is 0 Å². The first kappa shape index (κ1) is 11.0. The van der Waals surface area contributed by atoms with Crippen LogP contribution < -0.4 is 5.32 Å². The van der Waals surface area contributed by atoms with Gasteiger partial charge in [-0.15, -0.1) is 0 Å². The van der Waals surface area contributed by atoms with Crippen molar-refractivity contribution in [1.29, 1.82) is 0 Å². The Morgan fingerprint density at radius 2 is 2.19 bits per heavy atom. The highest BCUT2D eigenvalue weighted by Gasteiger charge is 2.01. The molecule has 0 bridgehead atoms. The number of nitrogens with one attached hydrogen (secondary N) is 2. The predicted molar refractivity (Wildman–Crippen MR) is 69.7 cm³/mol. The normalized spacial score (nSPS) is 11.6. The summed E-state index contributed by atoms with van der Waals surface area (Å²) >= 11 is 0. The van der Waals surface area contributed by atoms with E-state index in [-0.39, 0.29) is 0 Å². The number of H-pyrrole nitrogens is 1. The molecule has 1 heterocycles. The molecule has 2 N–H and O–H groups in total. The fraction of sp³-hybridized carbons (Fsp3) is 0.286. The summed E-state index contributed by atoms with van der Waals surface area (Å²) in [5.74, 6) is 0. The first-order chi connectivity index (χ1) is 7.92. The number of allylic oxidation sites excluding steroid dienone is 1. The van der Waals surface area contributed by atoms with Crippen molar-refractivity contribution in [1.82, 2.24) is 10.3 Å². The van der Waals surface area contributed by atoms with Crippen molar-refractivity contribution in [2.75, 3.05) is 13.1 Å². The molecule has 0 saturated heterocycles. The van der Waals surface area contributed by atoms with Crippen LogP contribution in [0.2, 0.25) is 0 Å². The van der Waals surface area contributed by atoms with Gasteiger partial charge in [-0.2, -0.15) is 0 Å². The summed E-state index contributed by atoms with van der Waals surface area (Å²) in [6.07, 6.45) is 7.39. The zero-order valence-corrected chi connectivity index (χ0v) is 9.66. The van der Waals surface area contributed by atoms with Gasteiger partial charge >= 0.3 is 0 Å². The van der Waals surface area contributed by atoms with Crippen molar-refractivity contribution < 1.29 is 0 Å². The number of aromatic nitrogens is 1. The highest BCUT2D eigenvalue weighted by atomic mass is 14.8. The Morgan fingerprint density at radius 3 is 3.06 bits per heavy atom. The van der Waals surface area contributed by atoms with Crippen LogP contribution >= 0.6 is 0 Å². The fourth-order valence-corrected chi connectivity index (χ4v) is 1.86. The first-order valence-corrected chi connectivity index (χ1v) is 5.78. The molecule has 1 aromatic heterocycles. The highest BCUT2D eigenvalue weighted by molar-refractivity contribution is 5.83. The average Bonchev–Trinajstić information content (AvgIpc) is 2.73. The number of para-hydroxylation sites is 1. The zero-order valence-electron chi connectivity index (χ0n) is 9.66. The number of hydrogen-bond donors (Lipinski definition) is 2. The van der Waals surface area contributed by atoms with Crippen LogP contribution in [0.25, 0.3) is 10.9 Å². The minimum atomic E-state index is 0.957. The molecule has 16 heavy (non-hydrogen) atoms. The Kier molecular flexibility index (Phi) is 3.78. The average molecular weight is 214 g/mol. The fourth-order valence-electron chi connectivity index (χ4n) is 1.86. The molecule has 0 aliphatic rings. The lowest BCUT2D eigenvalue weighted by Crippen LogP contribution is -2.16. The molecule has 0 saturated carbocycles. The molecule has 0 aliphatic heterocycles. The third-order valence-corrected chi connectivity index (χ3v) is 2.74. The summed E-state index contributed by atoms with van der Waals surface area (Å²) in [4.78, 5) is 3.30. The Hall–Kier alpha value is -1.54. The second-order valence-corrected chi connectivity index (χ2v) is 3.88. The van der Waals surface area contributed by atoms with Crippen LogP contribution in [0.5, 0.6) is 0 Å². The summed E-state index contributed by atoms with van der Waals surface area (Å²) in [6.45, 7) is 4.02. The summed E-state index contributed by atoms with van der Waals surface area (Å²) in [6, 6.07) is 8.44. The second-order valence-electron chi connectivity index (χ2n) is 3.88.